The molecule has 1 saturated carbocycles. The van der Waals surface area contributed by atoms with Gasteiger partial charge in [0.2, 0.25) is 0 Å². The second kappa shape index (κ2) is 1.99. The molecule has 0 aromatic carbocycles. The lowest BCUT2D eigenvalue weighted by atomic mass is 9.85. The van der Waals surface area contributed by atoms with Gasteiger partial charge in [-0.15, -0.1) is 0 Å². The average molecular weight is 155 g/mol. The summed E-state index contributed by atoms with van der Waals surface area (Å²) in [6.45, 7) is 6.18. The highest BCUT2D eigenvalue weighted by molar-refractivity contribution is 5.14. The van der Waals surface area contributed by atoms with Crippen molar-refractivity contribution in [2.24, 2.45) is 17.1 Å². The smallest absolute Gasteiger partial charge is 0.0686 e. The zero-order valence-electron chi connectivity index (χ0n) is 7.39. The highest BCUT2D eigenvalue weighted by atomic mass is 16.5. The molecule has 0 bridgehead atoms. The molecule has 1 heterocycles. The van der Waals surface area contributed by atoms with Crippen LogP contribution in [-0.4, -0.2) is 18.8 Å². The lowest BCUT2D eigenvalue weighted by Gasteiger charge is -2.26. The second-order valence-corrected chi connectivity index (χ2v) is 4.40. The molecule has 2 aliphatic rings. The predicted molar refractivity (Wildman–Crippen MR) is 44.2 cm³/mol. The second-order valence-electron chi connectivity index (χ2n) is 4.40. The van der Waals surface area contributed by atoms with Crippen LogP contribution in [0.15, 0.2) is 0 Å². The number of hydrogen-bond acceptors (Lipinski definition) is 2. The van der Waals surface area contributed by atoms with Gasteiger partial charge in [-0.3, -0.25) is 0 Å². The zero-order chi connectivity index (χ0) is 8.11. The molecule has 11 heavy (non-hydrogen) atoms. The summed E-state index contributed by atoms with van der Waals surface area (Å²) in [4.78, 5) is 0. The van der Waals surface area contributed by atoms with Crippen LogP contribution in [0.1, 0.15) is 26.7 Å². The Balaban J connectivity index is 2.15. The molecule has 1 saturated heterocycles. The lowest BCUT2D eigenvalue weighted by molar-refractivity contribution is -0.00108. The topological polar surface area (TPSA) is 35.2 Å². The van der Waals surface area contributed by atoms with Gasteiger partial charge in [-0.25, -0.2) is 0 Å². The van der Waals surface area contributed by atoms with Crippen LogP contribution in [-0.2, 0) is 4.74 Å². The highest BCUT2D eigenvalue weighted by Crippen LogP contribution is 2.65. The van der Waals surface area contributed by atoms with Crippen molar-refractivity contribution >= 4 is 0 Å². The van der Waals surface area contributed by atoms with E-state index in [0.717, 1.165) is 19.1 Å². The van der Waals surface area contributed by atoms with Gasteiger partial charge in [0.25, 0.3) is 0 Å². The summed E-state index contributed by atoms with van der Waals surface area (Å²) in [5, 5.41) is 0. The Kier molecular flexibility index (Phi) is 1.37. The Hall–Kier alpha value is -0.0800. The van der Waals surface area contributed by atoms with Gasteiger partial charge in [0, 0.05) is 12.0 Å². The SMILES string of the molecule is CC1(C)OCCC12CC2CN. The summed E-state index contributed by atoms with van der Waals surface area (Å²) in [6, 6.07) is 0. The fourth-order valence-corrected chi connectivity index (χ4v) is 2.67. The van der Waals surface area contributed by atoms with Gasteiger partial charge >= 0.3 is 0 Å². The summed E-state index contributed by atoms with van der Waals surface area (Å²) in [7, 11) is 0. The van der Waals surface area contributed by atoms with Crippen molar-refractivity contribution in [3.63, 3.8) is 0 Å². The predicted octanol–water partition coefficient (Wildman–Crippen LogP) is 1.15. The molecule has 2 rings (SSSR count). The van der Waals surface area contributed by atoms with Crippen molar-refractivity contribution in [1.82, 2.24) is 0 Å². The maximum absolute atomic E-state index is 5.69. The molecule has 2 unspecified atom stereocenters. The third-order valence-electron chi connectivity index (χ3n) is 3.73. The first kappa shape index (κ1) is 7.56. The fourth-order valence-electron chi connectivity index (χ4n) is 2.67. The molecule has 2 N–H and O–H groups in total. The van der Waals surface area contributed by atoms with E-state index in [1.165, 1.54) is 12.8 Å². The standard InChI is InChI=1S/C9H17NO/c1-8(2)9(3-4-11-8)5-7(9)6-10/h7H,3-6,10H2,1-2H3. The molecule has 2 fully saturated rings. The summed E-state index contributed by atoms with van der Waals surface area (Å²) >= 11 is 0. The molecule has 1 spiro atoms. The van der Waals surface area contributed by atoms with Gasteiger partial charge in [-0.1, -0.05) is 0 Å². The monoisotopic (exact) mass is 155 g/mol. The summed E-state index contributed by atoms with van der Waals surface area (Å²) in [6.07, 6.45) is 2.51. The summed E-state index contributed by atoms with van der Waals surface area (Å²) in [5.74, 6) is 0.736. The van der Waals surface area contributed by atoms with Gasteiger partial charge in [0.1, 0.15) is 0 Å². The normalized spacial score (nSPS) is 46.6. The quantitative estimate of drug-likeness (QED) is 0.616. The van der Waals surface area contributed by atoms with E-state index in [0.29, 0.717) is 5.41 Å². The molecule has 0 aromatic rings. The van der Waals surface area contributed by atoms with E-state index in [1.807, 2.05) is 0 Å². The first-order valence-electron chi connectivity index (χ1n) is 4.46. The molecule has 2 nitrogen and oxygen atoms in total. The Morgan fingerprint density at radius 1 is 1.55 bits per heavy atom. The van der Waals surface area contributed by atoms with E-state index in [-0.39, 0.29) is 5.60 Å². The van der Waals surface area contributed by atoms with Gasteiger partial charge in [-0.05, 0) is 39.2 Å². The Labute approximate surface area is 68.1 Å². The molecule has 2 heteroatoms. The van der Waals surface area contributed by atoms with Crippen molar-refractivity contribution in [3.05, 3.63) is 0 Å². The zero-order valence-corrected chi connectivity index (χ0v) is 7.39. The van der Waals surface area contributed by atoms with Crippen LogP contribution in [0.4, 0.5) is 0 Å². The maximum Gasteiger partial charge on any atom is 0.0686 e. The first-order chi connectivity index (χ1) is 5.12. The van der Waals surface area contributed by atoms with Gasteiger partial charge in [-0.2, -0.15) is 0 Å². The minimum atomic E-state index is 0.0943. The molecule has 2 atom stereocenters. The molecule has 1 aliphatic heterocycles. The molecule has 1 aliphatic carbocycles. The van der Waals surface area contributed by atoms with Crippen molar-refractivity contribution in [2.45, 2.75) is 32.3 Å². The summed E-state index contributed by atoms with van der Waals surface area (Å²) < 4.78 is 5.69. The van der Waals surface area contributed by atoms with E-state index >= 15 is 0 Å². The lowest BCUT2D eigenvalue weighted by Crippen LogP contribution is -2.31. The Morgan fingerprint density at radius 3 is 2.64 bits per heavy atom. The molecule has 0 aromatic heterocycles. The number of rotatable bonds is 1. The number of nitrogens with two attached hydrogens (primary N) is 1. The van der Waals surface area contributed by atoms with Gasteiger partial charge in [0.05, 0.1) is 5.60 Å². The van der Waals surface area contributed by atoms with Crippen LogP contribution >= 0.6 is 0 Å². The molecule has 0 amide bonds. The number of ether oxygens (including phenoxy) is 1. The van der Waals surface area contributed by atoms with Crippen LogP contribution in [0.25, 0.3) is 0 Å². The minimum Gasteiger partial charge on any atom is -0.375 e. The molecular weight excluding hydrogens is 138 g/mol. The van der Waals surface area contributed by atoms with E-state index in [1.54, 1.807) is 0 Å². The van der Waals surface area contributed by atoms with Gasteiger partial charge < -0.3 is 10.5 Å². The number of hydrogen-bond donors (Lipinski definition) is 1. The van der Waals surface area contributed by atoms with E-state index in [4.69, 9.17) is 10.5 Å². The van der Waals surface area contributed by atoms with Crippen molar-refractivity contribution in [1.29, 1.82) is 0 Å². The fraction of sp³-hybridized carbons (Fsp3) is 1.00. The van der Waals surface area contributed by atoms with E-state index < -0.39 is 0 Å². The Bertz CT molecular complexity index is 178. The summed E-state index contributed by atoms with van der Waals surface area (Å²) in [5.41, 5.74) is 6.21. The van der Waals surface area contributed by atoms with Crippen molar-refractivity contribution in [2.75, 3.05) is 13.2 Å². The van der Waals surface area contributed by atoms with Crippen LogP contribution in [0.2, 0.25) is 0 Å². The van der Waals surface area contributed by atoms with Crippen LogP contribution in [0.5, 0.6) is 0 Å². The van der Waals surface area contributed by atoms with Crippen molar-refractivity contribution < 1.29 is 4.74 Å². The molecular formula is C9H17NO. The minimum absolute atomic E-state index is 0.0943. The van der Waals surface area contributed by atoms with Crippen LogP contribution in [0, 0.1) is 11.3 Å². The van der Waals surface area contributed by atoms with Crippen LogP contribution in [0.3, 0.4) is 0 Å². The molecule has 64 valence electrons. The van der Waals surface area contributed by atoms with Crippen LogP contribution < -0.4 is 5.73 Å². The first-order valence-corrected chi connectivity index (χ1v) is 4.46. The van der Waals surface area contributed by atoms with E-state index in [9.17, 15) is 0 Å². The van der Waals surface area contributed by atoms with E-state index in [2.05, 4.69) is 13.8 Å². The molecule has 0 radical (unpaired) electrons. The Morgan fingerprint density at radius 2 is 2.27 bits per heavy atom. The van der Waals surface area contributed by atoms with Crippen molar-refractivity contribution in [3.8, 4) is 0 Å². The largest absolute Gasteiger partial charge is 0.375 e. The maximum atomic E-state index is 5.69. The van der Waals surface area contributed by atoms with Gasteiger partial charge in [0.15, 0.2) is 0 Å². The third-order valence-corrected chi connectivity index (χ3v) is 3.73. The average Bonchev–Trinajstić information content (AvgIpc) is 2.56. The third kappa shape index (κ3) is 0.798. The highest BCUT2D eigenvalue weighted by Gasteiger charge is 2.64.